The third kappa shape index (κ3) is 4.76. The number of carboxylic acid groups (broad SMARTS) is 1. The fraction of sp³-hybridized carbons (Fsp3) is 0.462. The summed E-state index contributed by atoms with van der Waals surface area (Å²) in [5.41, 5.74) is 2.52. The van der Waals surface area contributed by atoms with Gasteiger partial charge in [-0.2, -0.15) is 0 Å². The highest BCUT2D eigenvalue weighted by atomic mass is 79.9. The van der Waals surface area contributed by atoms with Gasteiger partial charge >= 0.3 is 5.97 Å². The number of halogens is 1. The van der Waals surface area contributed by atoms with Crippen LogP contribution in [-0.2, 0) is 11.2 Å². The first-order valence-corrected chi connectivity index (χ1v) is 6.69. The Morgan fingerprint density at radius 1 is 1.50 bits per heavy atom. The number of aliphatic carboxylic acids is 1. The predicted molar refractivity (Wildman–Crippen MR) is 75.9 cm³/mol. The number of benzene rings is 1. The van der Waals surface area contributed by atoms with Gasteiger partial charge < -0.3 is 15.7 Å². The smallest absolute Gasteiger partial charge is 0.322 e. The van der Waals surface area contributed by atoms with E-state index in [9.17, 15) is 4.79 Å². The summed E-state index contributed by atoms with van der Waals surface area (Å²) in [4.78, 5) is 10.8. The maximum atomic E-state index is 10.8. The predicted octanol–water partition coefficient (Wildman–Crippen LogP) is 1.56. The molecule has 0 radical (unpaired) electrons. The molecule has 0 bridgehead atoms. The summed E-state index contributed by atoms with van der Waals surface area (Å²) in [5, 5.41) is 14.8. The molecule has 0 aliphatic rings. The van der Waals surface area contributed by atoms with Gasteiger partial charge in [0, 0.05) is 11.0 Å². The highest BCUT2D eigenvalue weighted by molar-refractivity contribution is 9.10. The molecule has 1 aromatic rings. The van der Waals surface area contributed by atoms with Gasteiger partial charge in [0.25, 0.3) is 0 Å². The van der Waals surface area contributed by atoms with Crippen LogP contribution in [0.3, 0.4) is 0 Å². The van der Waals surface area contributed by atoms with Crippen LogP contribution < -0.4 is 10.6 Å². The lowest BCUT2D eigenvalue weighted by molar-refractivity contribution is -0.139. The molecular weight excluding hydrogens is 296 g/mol. The van der Waals surface area contributed by atoms with Crippen molar-refractivity contribution in [3.8, 4) is 0 Å². The lowest BCUT2D eigenvalue weighted by Crippen LogP contribution is -2.43. The lowest BCUT2D eigenvalue weighted by atomic mass is 10.1. The van der Waals surface area contributed by atoms with Crippen molar-refractivity contribution >= 4 is 21.9 Å². The average molecular weight is 315 g/mol. The van der Waals surface area contributed by atoms with Gasteiger partial charge in [-0.05, 0) is 50.2 Å². The van der Waals surface area contributed by atoms with E-state index in [0.717, 1.165) is 17.4 Å². The van der Waals surface area contributed by atoms with E-state index in [4.69, 9.17) is 5.11 Å². The molecule has 0 aliphatic heterocycles. The summed E-state index contributed by atoms with van der Waals surface area (Å²) in [5.74, 6) is -0.830. The molecule has 0 saturated heterocycles. The zero-order valence-corrected chi connectivity index (χ0v) is 12.3. The number of hydrogen-bond donors (Lipinski definition) is 3. The van der Waals surface area contributed by atoms with E-state index in [1.807, 2.05) is 6.07 Å². The molecule has 0 aliphatic carbocycles. The Balaban J connectivity index is 2.37. The van der Waals surface area contributed by atoms with Crippen molar-refractivity contribution in [3.63, 3.8) is 0 Å². The van der Waals surface area contributed by atoms with Crippen LogP contribution in [-0.4, -0.2) is 37.3 Å². The molecule has 0 saturated carbocycles. The number of aryl methyl sites for hydroxylation is 1. The Bertz CT molecular complexity index is 410. The first-order valence-electron chi connectivity index (χ1n) is 5.90. The molecule has 0 amide bonds. The second kappa shape index (κ2) is 7.51. The third-order valence-corrected chi connectivity index (χ3v) is 3.37. The van der Waals surface area contributed by atoms with Crippen molar-refractivity contribution < 1.29 is 9.90 Å². The van der Waals surface area contributed by atoms with E-state index >= 15 is 0 Å². The summed E-state index contributed by atoms with van der Waals surface area (Å²) in [6, 6.07) is 5.67. The van der Waals surface area contributed by atoms with Gasteiger partial charge in [0.1, 0.15) is 6.04 Å². The van der Waals surface area contributed by atoms with E-state index in [-0.39, 0.29) is 0 Å². The molecule has 1 unspecified atom stereocenters. The number of hydrogen-bond acceptors (Lipinski definition) is 3. The summed E-state index contributed by atoms with van der Waals surface area (Å²) >= 11 is 3.45. The standard InChI is InChI=1S/C13H19BrN2O2/c1-9-3-4-11(14)7-10(9)5-6-16-8-12(15-2)13(17)18/h3-4,7,12,15-16H,5-6,8H2,1-2H3,(H,17,18). The fourth-order valence-corrected chi connectivity index (χ4v) is 2.10. The van der Waals surface area contributed by atoms with Crippen molar-refractivity contribution in [2.24, 2.45) is 0 Å². The molecule has 0 spiro atoms. The van der Waals surface area contributed by atoms with Crippen LogP contribution in [0.2, 0.25) is 0 Å². The number of likely N-dealkylation sites (N-methyl/N-ethyl adjacent to an activating group) is 1. The van der Waals surface area contributed by atoms with Gasteiger partial charge in [0.15, 0.2) is 0 Å². The van der Waals surface area contributed by atoms with Crippen LogP contribution in [0, 0.1) is 6.92 Å². The second-order valence-corrected chi connectivity index (χ2v) is 5.12. The molecule has 3 N–H and O–H groups in total. The quantitative estimate of drug-likeness (QED) is 0.668. The maximum Gasteiger partial charge on any atom is 0.322 e. The molecule has 5 heteroatoms. The summed E-state index contributed by atoms with van der Waals surface area (Å²) in [6.45, 7) is 3.27. The lowest BCUT2D eigenvalue weighted by Gasteiger charge is -2.12. The summed E-state index contributed by atoms with van der Waals surface area (Å²) in [7, 11) is 1.65. The minimum absolute atomic E-state index is 0.429. The SMILES string of the molecule is CNC(CNCCc1cc(Br)ccc1C)C(=O)O. The molecular formula is C13H19BrN2O2. The Morgan fingerprint density at radius 3 is 2.83 bits per heavy atom. The topological polar surface area (TPSA) is 61.4 Å². The van der Waals surface area contributed by atoms with E-state index in [0.29, 0.717) is 6.54 Å². The number of rotatable bonds is 7. The maximum absolute atomic E-state index is 10.8. The first kappa shape index (κ1) is 15.1. The van der Waals surface area contributed by atoms with Gasteiger partial charge in [-0.25, -0.2) is 0 Å². The van der Waals surface area contributed by atoms with Crippen molar-refractivity contribution in [2.75, 3.05) is 20.1 Å². The number of nitrogens with one attached hydrogen (secondary N) is 2. The fourth-order valence-electron chi connectivity index (χ4n) is 1.69. The molecule has 1 atom stereocenters. The van der Waals surface area contributed by atoms with Gasteiger partial charge in [-0.3, -0.25) is 4.79 Å². The van der Waals surface area contributed by atoms with Gasteiger partial charge in [0.05, 0.1) is 0 Å². The largest absolute Gasteiger partial charge is 0.480 e. The zero-order valence-electron chi connectivity index (χ0n) is 10.7. The summed E-state index contributed by atoms with van der Waals surface area (Å²) in [6.07, 6.45) is 0.890. The Hall–Kier alpha value is -0.910. The zero-order chi connectivity index (χ0) is 13.5. The van der Waals surface area contributed by atoms with Gasteiger partial charge in [-0.1, -0.05) is 22.0 Å². The van der Waals surface area contributed by atoms with Gasteiger partial charge in [0.2, 0.25) is 0 Å². The molecule has 0 aromatic heterocycles. The van der Waals surface area contributed by atoms with Crippen LogP contribution in [0.15, 0.2) is 22.7 Å². The first-order chi connectivity index (χ1) is 8.54. The highest BCUT2D eigenvalue weighted by Crippen LogP contribution is 2.16. The third-order valence-electron chi connectivity index (χ3n) is 2.88. The highest BCUT2D eigenvalue weighted by Gasteiger charge is 2.13. The molecule has 0 fully saturated rings. The normalized spacial score (nSPS) is 12.4. The van der Waals surface area contributed by atoms with Crippen molar-refractivity contribution in [3.05, 3.63) is 33.8 Å². The number of carboxylic acids is 1. The second-order valence-electron chi connectivity index (χ2n) is 4.20. The van der Waals surface area contributed by atoms with Crippen molar-refractivity contribution in [2.45, 2.75) is 19.4 Å². The minimum atomic E-state index is -0.830. The molecule has 18 heavy (non-hydrogen) atoms. The Morgan fingerprint density at radius 2 is 2.22 bits per heavy atom. The molecule has 0 heterocycles. The van der Waals surface area contributed by atoms with Crippen LogP contribution in [0.1, 0.15) is 11.1 Å². The average Bonchev–Trinajstić information content (AvgIpc) is 2.33. The van der Waals surface area contributed by atoms with E-state index < -0.39 is 12.0 Å². The number of carbonyl (C=O) groups is 1. The van der Waals surface area contributed by atoms with E-state index in [1.165, 1.54) is 11.1 Å². The molecule has 4 nitrogen and oxygen atoms in total. The van der Waals surface area contributed by atoms with Crippen LogP contribution in [0.4, 0.5) is 0 Å². The molecule has 100 valence electrons. The Kier molecular flexibility index (Phi) is 6.32. The molecule has 1 aromatic carbocycles. The minimum Gasteiger partial charge on any atom is -0.480 e. The summed E-state index contributed by atoms with van der Waals surface area (Å²) < 4.78 is 1.07. The van der Waals surface area contributed by atoms with Crippen molar-refractivity contribution in [1.29, 1.82) is 0 Å². The Labute approximate surface area is 116 Å². The van der Waals surface area contributed by atoms with E-state index in [1.54, 1.807) is 7.05 Å². The van der Waals surface area contributed by atoms with Crippen LogP contribution in [0.5, 0.6) is 0 Å². The van der Waals surface area contributed by atoms with Crippen molar-refractivity contribution in [1.82, 2.24) is 10.6 Å². The monoisotopic (exact) mass is 314 g/mol. The van der Waals surface area contributed by atoms with E-state index in [2.05, 4.69) is 45.6 Å². The van der Waals surface area contributed by atoms with Crippen LogP contribution in [0.25, 0.3) is 0 Å². The van der Waals surface area contributed by atoms with Gasteiger partial charge in [-0.15, -0.1) is 0 Å². The molecule has 1 rings (SSSR count). The van der Waals surface area contributed by atoms with Crippen LogP contribution >= 0.6 is 15.9 Å².